The molecule has 1 aliphatic rings. The van der Waals surface area contributed by atoms with Crippen LogP contribution in [0.4, 0.5) is 0 Å². The average Bonchev–Trinajstić information content (AvgIpc) is 3.15. The first-order valence-electron chi connectivity index (χ1n) is 7.51. The first kappa shape index (κ1) is 15.7. The Morgan fingerprint density at radius 2 is 1.61 bits per heavy atom. The molecule has 6 heteroatoms. The van der Waals surface area contributed by atoms with E-state index < -0.39 is 6.10 Å². The molecule has 5 nitrogen and oxygen atoms in total. The van der Waals surface area contributed by atoms with Gasteiger partial charge >= 0.3 is 0 Å². The number of aliphatic hydroxyl groups excluding tert-OH is 1. The Balaban J connectivity index is 1.58. The summed E-state index contributed by atoms with van der Waals surface area (Å²) in [6, 6.07) is 12.6. The molecule has 0 bridgehead atoms. The third-order valence-electron chi connectivity index (χ3n) is 3.96. The van der Waals surface area contributed by atoms with Gasteiger partial charge in [-0.05, 0) is 17.0 Å². The molecule has 23 heavy (non-hydrogen) atoms. The minimum absolute atomic E-state index is 0.00991. The molecular weight excluding hydrogens is 312 g/mol. The fraction of sp³-hybridized carbons (Fsp3) is 0.294. The Labute approximate surface area is 138 Å². The van der Waals surface area contributed by atoms with Gasteiger partial charge in [0, 0.05) is 26.2 Å². The van der Waals surface area contributed by atoms with E-state index >= 15 is 0 Å². The molecule has 1 aliphatic heterocycles. The number of amides is 2. The Morgan fingerprint density at radius 1 is 0.957 bits per heavy atom. The normalized spacial score (nSPS) is 16.2. The van der Waals surface area contributed by atoms with E-state index in [0.717, 1.165) is 0 Å². The van der Waals surface area contributed by atoms with Gasteiger partial charge < -0.3 is 14.9 Å². The molecule has 1 fully saturated rings. The van der Waals surface area contributed by atoms with Crippen LogP contribution in [0, 0.1) is 0 Å². The van der Waals surface area contributed by atoms with Gasteiger partial charge in [0.25, 0.3) is 11.8 Å². The van der Waals surface area contributed by atoms with E-state index in [0.29, 0.717) is 36.6 Å². The topological polar surface area (TPSA) is 60.9 Å². The summed E-state index contributed by atoms with van der Waals surface area (Å²) >= 11 is 1.42. The van der Waals surface area contributed by atoms with Crippen molar-refractivity contribution in [2.24, 2.45) is 0 Å². The van der Waals surface area contributed by atoms with Gasteiger partial charge in [0.1, 0.15) is 0 Å². The van der Waals surface area contributed by atoms with Crippen LogP contribution >= 0.6 is 11.3 Å². The van der Waals surface area contributed by atoms with Crippen molar-refractivity contribution in [1.29, 1.82) is 0 Å². The maximum atomic E-state index is 12.4. The quantitative estimate of drug-likeness (QED) is 0.933. The van der Waals surface area contributed by atoms with Gasteiger partial charge in [-0.3, -0.25) is 9.59 Å². The van der Waals surface area contributed by atoms with Crippen molar-refractivity contribution in [1.82, 2.24) is 9.80 Å². The van der Waals surface area contributed by atoms with E-state index in [2.05, 4.69) is 0 Å². The maximum absolute atomic E-state index is 12.4. The second kappa shape index (κ2) is 6.93. The predicted octanol–water partition coefficient (Wildman–Crippen LogP) is 1.77. The van der Waals surface area contributed by atoms with Crippen molar-refractivity contribution in [3.8, 4) is 0 Å². The highest BCUT2D eigenvalue weighted by molar-refractivity contribution is 7.12. The standard InChI is InChI=1S/C17H18N2O3S/c20-15(13-5-2-1-3-6-13)17(22)19-10-8-18(9-11-19)16(21)14-7-4-12-23-14/h1-7,12,15,20H,8-11H2. The summed E-state index contributed by atoms with van der Waals surface area (Å²) in [4.78, 5) is 28.7. The van der Waals surface area contributed by atoms with Gasteiger partial charge in [-0.1, -0.05) is 36.4 Å². The van der Waals surface area contributed by atoms with Crippen LogP contribution in [0.2, 0.25) is 0 Å². The molecule has 1 aromatic carbocycles. The lowest BCUT2D eigenvalue weighted by atomic mass is 10.1. The minimum Gasteiger partial charge on any atom is -0.378 e. The number of carbonyl (C=O) groups excluding carboxylic acids is 2. The summed E-state index contributed by atoms with van der Waals surface area (Å²) in [6.07, 6.45) is -1.14. The molecule has 2 aromatic rings. The summed E-state index contributed by atoms with van der Waals surface area (Å²) in [5.41, 5.74) is 0.592. The summed E-state index contributed by atoms with van der Waals surface area (Å²) in [5, 5.41) is 12.1. The molecule has 0 radical (unpaired) electrons. The average molecular weight is 330 g/mol. The van der Waals surface area contributed by atoms with Crippen LogP contribution in [0.15, 0.2) is 47.8 Å². The van der Waals surface area contributed by atoms with E-state index in [1.165, 1.54) is 11.3 Å². The Hall–Kier alpha value is -2.18. The third-order valence-corrected chi connectivity index (χ3v) is 4.82. The van der Waals surface area contributed by atoms with Gasteiger partial charge in [-0.25, -0.2) is 0 Å². The fourth-order valence-electron chi connectivity index (χ4n) is 2.64. The van der Waals surface area contributed by atoms with Crippen LogP contribution in [0.5, 0.6) is 0 Å². The lowest BCUT2D eigenvalue weighted by Crippen LogP contribution is -2.51. The molecule has 0 aliphatic carbocycles. The van der Waals surface area contributed by atoms with Gasteiger partial charge in [0.05, 0.1) is 4.88 Å². The van der Waals surface area contributed by atoms with Gasteiger partial charge in [0.2, 0.25) is 0 Å². The van der Waals surface area contributed by atoms with E-state index in [1.807, 2.05) is 23.6 Å². The van der Waals surface area contributed by atoms with Crippen LogP contribution in [0.25, 0.3) is 0 Å². The molecule has 1 N–H and O–H groups in total. The van der Waals surface area contributed by atoms with Crippen molar-refractivity contribution in [2.75, 3.05) is 26.2 Å². The molecule has 1 atom stereocenters. The molecule has 1 aromatic heterocycles. The van der Waals surface area contributed by atoms with Crippen LogP contribution in [0.3, 0.4) is 0 Å². The Morgan fingerprint density at radius 3 is 2.22 bits per heavy atom. The summed E-state index contributed by atoms with van der Waals surface area (Å²) in [6.45, 7) is 1.87. The summed E-state index contributed by atoms with van der Waals surface area (Å²) < 4.78 is 0. The van der Waals surface area contributed by atoms with Crippen molar-refractivity contribution in [2.45, 2.75) is 6.10 Å². The molecule has 1 unspecified atom stereocenters. The van der Waals surface area contributed by atoms with Gasteiger partial charge in [-0.15, -0.1) is 11.3 Å². The fourth-order valence-corrected chi connectivity index (χ4v) is 3.33. The summed E-state index contributed by atoms with van der Waals surface area (Å²) in [7, 11) is 0. The van der Waals surface area contributed by atoms with Gasteiger partial charge in [-0.2, -0.15) is 0 Å². The van der Waals surface area contributed by atoms with Crippen molar-refractivity contribution in [3.05, 3.63) is 58.3 Å². The molecule has 0 saturated carbocycles. The van der Waals surface area contributed by atoms with Crippen molar-refractivity contribution < 1.29 is 14.7 Å². The first-order valence-corrected chi connectivity index (χ1v) is 8.39. The SMILES string of the molecule is O=C(c1cccs1)N1CCN(C(=O)C(O)c2ccccc2)CC1. The number of hydrogen-bond donors (Lipinski definition) is 1. The number of nitrogens with zero attached hydrogens (tertiary/aromatic N) is 2. The lowest BCUT2D eigenvalue weighted by Gasteiger charge is -2.35. The molecule has 1 saturated heterocycles. The van der Waals surface area contributed by atoms with E-state index in [1.54, 1.807) is 34.1 Å². The lowest BCUT2D eigenvalue weighted by molar-refractivity contribution is -0.142. The Kier molecular flexibility index (Phi) is 4.73. The van der Waals surface area contributed by atoms with Crippen LogP contribution < -0.4 is 0 Å². The third kappa shape index (κ3) is 3.43. The first-order chi connectivity index (χ1) is 11.2. The number of aliphatic hydroxyl groups is 1. The van der Waals surface area contributed by atoms with Crippen molar-refractivity contribution >= 4 is 23.2 Å². The number of carbonyl (C=O) groups is 2. The highest BCUT2D eigenvalue weighted by atomic mass is 32.1. The maximum Gasteiger partial charge on any atom is 0.264 e. The van der Waals surface area contributed by atoms with Crippen LogP contribution in [0.1, 0.15) is 21.3 Å². The smallest absolute Gasteiger partial charge is 0.264 e. The van der Waals surface area contributed by atoms with E-state index in [4.69, 9.17) is 0 Å². The molecule has 3 rings (SSSR count). The number of thiophene rings is 1. The van der Waals surface area contributed by atoms with Gasteiger partial charge in [0.15, 0.2) is 6.10 Å². The van der Waals surface area contributed by atoms with Crippen molar-refractivity contribution in [3.63, 3.8) is 0 Å². The number of benzene rings is 1. The zero-order valence-electron chi connectivity index (χ0n) is 12.6. The van der Waals surface area contributed by atoms with Crippen LogP contribution in [-0.4, -0.2) is 52.9 Å². The zero-order chi connectivity index (χ0) is 16.2. The molecular formula is C17H18N2O3S. The molecule has 120 valence electrons. The predicted molar refractivity (Wildman–Crippen MR) is 88.2 cm³/mol. The monoisotopic (exact) mass is 330 g/mol. The largest absolute Gasteiger partial charge is 0.378 e. The highest BCUT2D eigenvalue weighted by Crippen LogP contribution is 2.18. The zero-order valence-corrected chi connectivity index (χ0v) is 13.4. The molecule has 0 spiro atoms. The Bertz CT molecular complexity index is 664. The second-order valence-electron chi connectivity index (χ2n) is 5.41. The molecule has 2 amide bonds. The van der Waals surface area contributed by atoms with Crippen LogP contribution in [-0.2, 0) is 4.79 Å². The highest BCUT2D eigenvalue weighted by Gasteiger charge is 2.29. The number of hydrogen-bond acceptors (Lipinski definition) is 4. The summed E-state index contributed by atoms with van der Waals surface area (Å²) in [5.74, 6) is -0.296. The number of piperazine rings is 1. The second-order valence-corrected chi connectivity index (χ2v) is 6.36. The van der Waals surface area contributed by atoms with E-state index in [9.17, 15) is 14.7 Å². The number of rotatable bonds is 3. The minimum atomic E-state index is -1.14. The molecule has 2 heterocycles. The van der Waals surface area contributed by atoms with E-state index in [-0.39, 0.29) is 11.8 Å².